The van der Waals surface area contributed by atoms with Gasteiger partial charge in [-0.2, -0.15) is 13.2 Å². The van der Waals surface area contributed by atoms with Gasteiger partial charge in [0.15, 0.2) is 5.78 Å². The zero-order chi connectivity index (χ0) is 37.3. The number of nitrogens with zero attached hydrogens (tertiary/aromatic N) is 2. The second-order valence-corrected chi connectivity index (χ2v) is 11.7. The second-order valence-electron chi connectivity index (χ2n) is 11.7. The Morgan fingerprint density at radius 1 is 0.788 bits per heavy atom. The highest BCUT2D eigenvalue weighted by Gasteiger charge is 2.32. The number of benzene rings is 4. The smallest absolute Gasteiger partial charge is 0.416 e. The van der Waals surface area contributed by atoms with Gasteiger partial charge in [0.1, 0.15) is 34.7 Å². The fourth-order valence-corrected chi connectivity index (χ4v) is 5.62. The van der Waals surface area contributed by atoms with E-state index in [1.54, 1.807) is 28.8 Å². The van der Waals surface area contributed by atoms with Crippen molar-refractivity contribution in [1.82, 2.24) is 9.55 Å². The molecule has 0 atom stereocenters. The first-order valence-corrected chi connectivity index (χ1v) is 16.5. The highest BCUT2D eigenvalue weighted by atomic mass is 19.4. The van der Waals surface area contributed by atoms with E-state index >= 15 is 8.78 Å². The number of imidazole rings is 1. The molecule has 1 heterocycles. The highest BCUT2D eigenvalue weighted by Crippen LogP contribution is 2.41. The quantitative estimate of drug-likeness (QED) is 0.0587. The average Bonchev–Trinajstić information content (AvgIpc) is 3.50. The van der Waals surface area contributed by atoms with Crippen LogP contribution in [0.4, 0.5) is 22.0 Å². The fraction of sp³-hybridized carbons (Fsp3) is 0.282. The van der Waals surface area contributed by atoms with E-state index in [1.165, 1.54) is 50.6 Å². The van der Waals surface area contributed by atoms with Crippen LogP contribution in [0, 0.1) is 11.6 Å². The molecule has 0 spiro atoms. The number of aromatic nitrogens is 2. The number of Topliss-reactive ketones (excluding diaryl/α,β-unsaturated/α-hetero) is 1. The van der Waals surface area contributed by atoms with Crippen LogP contribution in [0.3, 0.4) is 0 Å². The summed E-state index contributed by atoms with van der Waals surface area (Å²) in [6, 6.07) is 19.5. The minimum Gasteiger partial charge on any atom is -0.497 e. The zero-order valence-corrected chi connectivity index (χ0v) is 28.6. The lowest BCUT2D eigenvalue weighted by molar-refractivity contribution is -0.137. The molecular weight excluding hydrogens is 685 g/mol. The van der Waals surface area contributed by atoms with Crippen LogP contribution in [0.1, 0.15) is 34.3 Å². The molecular formula is C39H38F5N3O5. The summed E-state index contributed by atoms with van der Waals surface area (Å²) < 4.78 is 95.9. The monoisotopic (exact) mass is 723 g/mol. The Labute approximate surface area is 297 Å². The van der Waals surface area contributed by atoms with Gasteiger partial charge in [-0.3, -0.25) is 4.79 Å². The SMILES string of the molecule is COc1ccc(-c2nc(-c3cccc(C(F)(F)F)c3)n(Cc3ccc(C(=O)CCCOCCOCCN)cc3)c2-c2ccc(OC)cc2F)c(F)c1. The average molecular weight is 724 g/mol. The van der Waals surface area contributed by atoms with E-state index in [2.05, 4.69) is 0 Å². The Bertz CT molecular complexity index is 1980. The lowest BCUT2D eigenvalue weighted by atomic mass is 10.0. The van der Waals surface area contributed by atoms with Crippen LogP contribution in [0.5, 0.6) is 11.5 Å². The minimum absolute atomic E-state index is 0.00316. The molecule has 52 heavy (non-hydrogen) atoms. The van der Waals surface area contributed by atoms with Gasteiger partial charge in [0.25, 0.3) is 0 Å². The van der Waals surface area contributed by atoms with Crippen molar-refractivity contribution in [3.05, 3.63) is 113 Å². The number of rotatable bonds is 17. The summed E-state index contributed by atoms with van der Waals surface area (Å²) in [6.07, 6.45) is -3.90. The van der Waals surface area contributed by atoms with Gasteiger partial charge in [0.05, 0.1) is 45.3 Å². The van der Waals surface area contributed by atoms with E-state index in [0.717, 1.165) is 24.3 Å². The van der Waals surface area contributed by atoms with Crippen LogP contribution in [-0.2, 0) is 22.2 Å². The molecule has 0 amide bonds. The third-order valence-electron chi connectivity index (χ3n) is 8.22. The van der Waals surface area contributed by atoms with Crippen LogP contribution in [0.2, 0.25) is 0 Å². The Hall–Kier alpha value is -5.11. The molecule has 0 aliphatic carbocycles. The van der Waals surface area contributed by atoms with Gasteiger partial charge in [-0.15, -0.1) is 0 Å². The van der Waals surface area contributed by atoms with Crippen molar-refractivity contribution in [2.45, 2.75) is 25.6 Å². The van der Waals surface area contributed by atoms with E-state index in [0.29, 0.717) is 50.5 Å². The van der Waals surface area contributed by atoms with E-state index in [-0.39, 0.29) is 64.2 Å². The Morgan fingerprint density at radius 2 is 1.42 bits per heavy atom. The van der Waals surface area contributed by atoms with E-state index in [4.69, 9.17) is 29.7 Å². The summed E-state index contributed by atoms with van der Waals surface area (Å²) in [4.78, 5) is 17.6. The lowest BCUT2D eigenvalue weighted by Gasteiger charge is -2.16. The van der Waals surface area contributed by atoms with Crippen LogP contribution < -0.4 is 15.2 Å². The molecule has 0 fully saturated rings. The second kappa shape index (κ2) is 17.4. The first kappa shape index (κ1) is 38.1. The summed E-state index contributed by atoms with van der Waals surface area (Å²) in [5, 5.41) is 0. The third-order valence-corrected chi connectivity index (χ3v) is 8.22. The number of ether oxygens (including phenoxy) is 4. The number of carbonyl (C=O) groups excluding carboxylic acids is 1. The van der Waals surface area contributed by atoms with Gasteiger partial charge < -0.3 is 29.2 Å². The van der Waals surface area contributed by atoms with Crippen molar-refractivity contribution < 1.29 is 45.7 Å². The summed E-state index contributed by atoms with van der Waals surface area (Å²) >= 11 is 0. The van der Waals surface area contributed by atoms with E-state index in [9.17, 15) is 18.0 Å². The minimum atomic E-state index is -4.66. The number of hydrogen-bond acceptors (Lipinski definition) is 7. The molecule has 0 aliphatic heterocycles. The first-order chi connectivity index (χ1) is 25.0. The summed E-state index contributed by atoms with van der Waals surface area (Å²) in [7, 11) is 2.76. The van der Waals surface area contributed by atoms with Crippen LogP contribution >= 0.6 is 0 Å². The summed E-state index contributed by atoms with van der Waals surface area (Å²) in [5.41, 5.74) is 5.73. The number of nitrogens with two attached hydrogens (primary N) is 1. The number of halogens is 5. The molecule has 274 valence electrons. The largest absolute Gasteiger partial charge is 0.497 e. The lowest BCUT2D eigenvalue weighted by Crippen LogP contribution is -2.12. The Balaban J connectivity index is 1.56. The van der Waals surface area contributed by atoms with Crippen molar-refractivity contribution in [2.24, 2.45) is 5.73 Å². The zero-order valence-electron chi connectivity index (χ0n) is 28.6. The van der Waals surface area contributed by atoms with Crippen molar-refractivity contribution in [1.29, 1.82) is 0 Å². The molecule has 5 aromatic rings. The van der Waals surface area contributed by atoms with Crippen molar-refractivity contribution >= 4 is 5.78 Å². The fourth-order valence-electron chi connectivity index (χ4n) is 5.62. The number of carbonyl (C=O) groups is 1. The molecule has 1 aromatic heterocycles. The maximum absolute atomic E-state index is 15.9. The predicted octanol–water partition coefficient (Wildman–Crippen LogP) is 8.20. The number of ketones is 1. The molecule has 0 unspecified atom stereocenters. The van der Waals surface area contributed by atoms with Crippen molar-refractivity contribution in [3.8, 4) is 45.4 Å². The van der Waals surface area contributed by atoms with Gasteiger partial charge in [-0.05, 0) is 48.4 Å². The van der Waals surface area contributed by atoms with Crippen LogP contribution in [0.15, 0.2) is 84.9 Å². The Morgan fingerprint density at radius 3 is 2.02 bits per heavy atom. The van der Waals surface area contributed by atoms with Gasteiger partial charge >= 0.3 is 6.18 Å². The topological polar surface area (TPSA) is 97.8 Å². The van der Waals surface area contributed by atoms with Gasteiger partial charge in [-0.25, -0.2) is 13.8 Å². The molecule has 5 rings (SSSR count). The molecule has 4 aromatic carbocycles. The summed E-state index contributed by atoms with van der Waals surface area (Å²) in [6.45, 7) is 2.06. The first-order valence-electron chi connectivity index (χ1n) is 16.5. The van der Waals surface area contributed by atoms with Gasteiger partial charge in [-0.1, -0.05) is 36.4 Å². The molecule has 0 aliphatic rings. The van der Waals surface area contributed by atoms with E-state index in [1.807, 2.05) is 0 Å². The Kier molecular flexibility index (Phi) is 12.8. The summed E-state index contributed by atoms with van der Waals surface area (Å²) in [5.74, 6) is -1.06. The van der Waals surface area contributed by atoms with E-state index < -0.39 is 23.4 Å². The standard InChI is InChI=1S/C39H38F5N3O5/c1-49-29-12-14-31(33(40)22-29)36-37(32-15-13-30(50-2)23-34(32)41)47(38(46-36)27-5-3-6-28(21-27)39(42,43)44)24-25-8-10-26(11-9-25)35(48)7-4-17-51-19-20-52-18-16-45/h3,5-6,8-15,21-23H,4,7,16-20,24,45H2,1-2H3. The normalized spacial score (nSPS) is 11.5. The maximum Gasteiger partial charge on any atom is 0.416 e. The number of hydrogen-bond donors (Lipinski definition) is 1. The molecule has 2 N–H and O–H groups in total. The molecule has 13 heteroatoms. The van der Waals surface area contributed by atoms with Crippen molar-refractivity contribution in [3.63, 3.8) is 0 Å². The predicted molar refractivity (Wildman–Crippen MR) is 186 cm³/mol. The number of methoxy groups -OCH3 is 2. The van der Waals surface area contributed by atoms with Crippen molar-refractivity contribution in [2.75, 3.05) is 47.2 Å². The van der Waals surface area contributed by atoms with Gasteiger partial charge in [0, 0.05) is 60.5 Å². The van der Waals surface area contributed by atoms with Gasteiger partial charge in [0.2, 0.25) is 0 Å². The molecule has 0 bridgehead atoms. The molecule has 8 nitrogen and oxygen atoms in total. The van der Waals surface area contributed by atoms with Crippen LogP contribution in [0.25, 0.3) is 33.9 Å². The molecule has 0 saturated carbocycles. The highest BCUT2D eigenvalue weighted by molar-refractivity contribution is 5.96. The molecule has 0 radical (unpaired) electrons. The maximum atomic E-state index is 15.9. The van der Waals surface area contributed by atoms with Crippen LogP contribution in [-0.4, -0.2) is 62.5 Å². The molecule has 0 saturated heterocycles. The number of alkyl halides is 3. The third kappa shape index (κ3) is 9.21.